The fraction of sp³-hybridized carbons (Fsp3) is 0.588. The molecule has 16 nitrogen and oxygen atoms in total. The van der Waals surface area contributed by atoms with Crippen LogP contribution >= 0.6 is 0 Å². The Bertz CT molecular complexity index is 783. The quantitative estimate of drug-likeness (QED) is 0.0616. The van der Waals surface area contributed by atoms with Crippen molar-refractivity contribution in [3.8, 4) is 0 Å². The first-order chi connectivity index (χ1) is 15.2. The van der Waals surface area contributed by atoms with Crippen molar-refractivity contribution in [2.45, 2.75) is 56.8 Å². The summed E-state index contributed by atoms with van der Waals surface area (Å²) >= 11 is 0. The average Bonchev–Trinajstić information content (AvgIpc) is 2.68. The molecule has 0 aliphatic rings. The van der Waals surface area contributed by atoms with Crippen LogP contribution in [0.2, 0.25) is 0 Å². The molecule has 0 heterocycles. The van der Waals surface area contributed by atoms with Crippen LogP contribution in [0.3, 0.4) is 0 Å². The number of carbonyl (C=O) groups is 6. The summed E-state index contributed by atoms with van der Waals surface area (Å²) in [6.45, 7) is 1.51. The van der Waals surface area contributed by atoms with E-state index in [2.05, 4.69) is 15.6 Å². The Labute approximate surface area is 188 Å². The van der Waals surface area contributed by atoms with Crippen LogP contribution in [0.4, 0.5) is 0 Å². The second-order valence-electron chi connectivity index (χ2n) is 7.01. The molecule has 33 heavy (non-hydrogen) atoms. The second kappa shape index (κ2) is 14.2. The van der Waals surface area contributed by atoms with Crippen LogP contribution in [-0.4, -0.2) is 82.5 Å². The highest BCUT2D eigenvalue weighted by molar-refractivity contribution is 5.96. The summed E-state index contributed by atoms with van der Waals surface area (Å²) in [6.07, 6.45) is -1.05. The lowest BCUT2D eigenvalue weighted by atomic mass is 10.1. The van der Waals surface area contributed by atoms with Crippen molar-refractivity contribution in [2.24, 2.45) is 27.9 Å². The summed E-state index contributed by atoms with van der Waals surface area (Å²) in [4.78, 5) is 73.7. The number of carboxylic acid groups (broad SMARTS) is 2. The number of amides is 4. The highest BCUT2D eigenvalue weighted by Gasteiger charge is 2.30. The van der Waals surface area contributed by atoms with E-state index in [0.717, 1.165) is 0 Å². The van der Waals surface area contributed by atoms with Crippen LogP contribution in [0.5, 0.6) is 0 Å². The molecule has 0 aliphatic carbocycles. The maximum absolute atomic E-state index is 12.4. The predicted octanol–water partition coefficient (Wildman–Crippen LogP) is -4.72. The molecule has 0 aromatic heterocycles. The van der Waals surface area contributed by atoms with Gasteiger partial charge in [-0.2, -0.15) is 0 Å². The largest absolute Gasteiger partial charge is 0.481 e. The molecule has 0 saturated heterocycles. The maximum Gasteiger partial charge on any atom is 0.326 e. The average molecular weight is 474 g/mol. The molecule has 4 unspecified atom stereocenters. The van der Waals surface area contributed by atoms with Crippen molar-refractivity contribution < 1.29 is 39.0 Å². The minimum absolute atomic E-state index is 0.109. The highest BCUT2D eigenvalue weighted by Crippen LogP contribution is 2.00. The van der Waals surface area contributed by atoms with Gasteiger partial charge in [0, 0.05) is 6.54 Å². The molecule has 4 amide bonds. The van der Waals surface area contributed by atoms with E-state index in [1.54, 1.807) is 0 Å². The van der Waals surface area contributed by atoms with Gasteiger partial charge in [-0.3, -0.25) is 29.0 Å². The topological polar surface area (TPSA) is 295 Å². The molecule has 16 heteroatoms. The molecule has 0 aliphatic heterocycles. The van der Waals surface area contributed by atoms with Gasteiger partial charge in [-0.25, -0.2) is 4.79 Å². The molecule has 0 aromatic carbocycles. The molecule has 0 radical (unpaired) electrons. The Kier molecular flexibility index (Phi) is 12.5. The summed E-state index contributed by atoms with van der Waals surface area (Å²) in [5.41, 5.74) is 21.0. The summed E-state index contributed by atoms with van der Waals surface area (Å²) in [6, 6.07) is -5.63. The van der Waals surface area contributed by atoms with Gasteiger partial charge < -0.3 is 49.1 Å². The van der Waals surface area contributed by atoms with Gasteiger partial charge in [-0.15, -0.1) is 0 Å². The Morgan fingerprint density at radius 2 is 1.42 bits per heavy atom. The molecular weight excluding hydrogens is 444 g/mol. The number of hydrogen-bond acceptors (Lipinski definition) is 8. The van der Waals surface area contributed by atoms with Crippen LogP contribution in [0.15, 0.2) is 4.99 Å². The van der Waals surface area contributed by atoms with E-state index in [0.29, 0.717) is 6.42 Å². The van der Waals surface area contributed by atoms with E-state index in [1.165, 1.54) is 6.92 Å². The van der Waals surface area contributed by atoms with Crippen molar-refractivity contribution >= 4 is 41.5 Å². The van der Waals surface area contributed by atoms with E-state index in [1.807, 2.05) is 5.32 Å². The van der Waals surface area contributed by atoms with Gasteiger partial charge in [-0.05, 0) is 19.8 Å². The highest BCUT2D eigenvalue weighted by atomic mass is 16.4. The van der Waals surface area contributed by atoms with E-state index in [-0.39, 0.29) is 18.9 Å². The predicted molar refractivity (Wildman–Crippen MR) is 113 cm³/mol. The zero-order valence-electron chi connectivity index (χ0n) is 17.9. The minimum Gasteiger partial charge on any atom is -0.481 e. The molecule has 0 aromatic rings. The number of aliphatic imine (C=N–C) groups is 1. The lowest BCUT2D eigenvalue weighted by molar-refractivity contribution is -0.144. The van der Waals surface area contributed by atoms with Gasteiger partial charge in [0.15, 0.2) is 5.96 Å². The van der Waals surface area contributed by atoms with Gasteiger partial charge >= 0.3 is 11.9 Å². The fourth-order valence-electron chi connectivity index (χ4n) is 2.39. The number of guanidine groups is 1. The number of carboxylic acids is 2. The zero-order valence-corrected chi connectivity index (χ0v) is 17.9. The van der Waals surface area contributed by atoms with Crippen LogP contribution in [0.1, 0.15) is 32.6 Å². The lowest BCUT2D eigenvalue weighted by Crippen LogP contribution is -2.57. The van der Waals surface area contributed by atoms with Gasteiger partial charge in [0.2, 0.25) is 23.6 Å². The normalized spacial score (nSPS) is 14.0. The van der Waals surface area contributed by atoms with E-state index >= 15 is 0 Å². The first-order valence-electron chi connectivity index (χ1n) is 9.69. The molecule has 0 fully saturated rings. The number of nitrogens with zero attached hydrogens (tertiary/aromatic N) is 1. The SMILES string of the molecule is CC(NC(=O)C(N)CCCN=C(N)N)C(=O)NC(CC(=O)O)C(=O)NC(CC(N)=O)C(=O)O. The first kappa shape index (κ1) is 29.0. The summed E-state index contributed by atoms with van der Waals surface area (Å²) in [7, 11) is 0. The maximum atomic E-state index is 12.4. The number of nitrogens with two attached hydrogens (primary N) is 4. The van der Waals surface area contributed by atoms with Crippen LogP contribution in [0, 0.1) is 0 Å². The van der Waals surface area contributed by atoms with Crippen LogP contribution in [0.25, 0.3) is 0 Å². The third-order valence-electron chi connectivity index (χ3n) is 4.09. The van der Waals surface area contributed by atoms with Gasteiger partial charge in [0.05, 0.1) is 18.9 Å². The van der Waals surface area contributed by atoms with Crippen LogP contribution in [-0.2, 0) is 28.8 Å². The third kappa shape index (κ3) is 12.5. The number of aliphatic carboxylic acids is 2. The van der Waals surface area contributed by atoms with E-state index in [9.17, 15) is 28.8 Å². The van der Waals surface area contributed by atoms with Crippen LogP contribution < -0.4 is 38.9 Å². The number of hydrogen-bond donors (Lipinski definition) is 9. The van der Waals surface area contributed by atoms with Gasteiger partial charge in [-0.1, -0.05) is 0 Å². The Morgan fingerprint density at radius 3 is 1.91 bits per heavy atom. The summed E-state index contributed by atoms with van der Waals surface area (Å²) in [5.74, 6) is -6.98. The number of rotatable bonds is 15. The molecular formula is C17H30N8O8. The monoisotopic (exact) mass is 474 g/mol. The number of carbonyl (C=O) groups excluding carboxylic acids is 4. The van der Waals surface area contributed by atoms with Gasteiger partial charge in [0.1, 0.15) is 18.1 Å². The standard InChI is InChI=1S/C17H30N8O8/c1-7(23-14(30)8(18)3-2-4-22-17(20)21)13(29)24-9(6-12(27)28)15(31)25-10(16(32)33)5-11(19)26/h7-10H,2-6,18H2,1H3,(H2,19,26)(H,23,30)(H,24,29)(H,25,31)(H,27,28)(H,32,33)(H4,20,21,22). The number of nitrogens with one attached hydrogen (secondary N) is 3. The number of primary amides is 1. The second-order valence-corrected chi connectivity index (χ2v) is 7.01. The molecule has 0 spiro atoms. The Hall–Kier alpha value is -3.95. The Morgan fingerprint density at radius 1 is 0.848 bits per heavy atom. The fourth-order valence-corrected chi connectivity index (χ4v) is 2.39. The first-order valence-corrected chi connectivity index (χ1v) is 9.69. The summed E-state index contributed by atoms with van der Waals surface area (Å²) < 4.78 is 0. The zero-order chi connectivity index (χ0) is 25.7. The summed E-state index contributed by atoms with van der Waals surface area (Å²) in [5, 5.41) is 24.4. The minimum atomic E-state index is -1.72. The molecule has 0 bridgehead atoms. The smallest absolute Gasteiger partial charge is 0.326 e. The molecule has 186 valence electrons. The van der Waals surface area contributed by atoms with E-state index < -0.39 is 72.6 Å². The van der Waals surface area contributed by atoms with Crippen molar-refractivity contribution in [3.05, 3.63) is 0 Å². The van der Waals surface area contributed by atoms with Crippen molar-refractivity contribution in [3.63, 3.8) is 0 Å². The van der Waals surface area contributed by atoms with Gasteiger partial charge in [0.25, 0.3) is 0 Å². The van der Waals surface area contributed by atoms with Crippen molar-refractivity contribution in [1.29, 1.82) is 0 Å². The third-order valence-corrected chi connectivity index (χ3v) is 4.09. The Balaban J connectivity index is 5.01. The molecule has 0 saturated carbocycles. The molecule has 4 atom stereocenters. The van der Waals surface area contributed by atoms with E-state index in [4.69, 9.17) is 33.1 Å². The molecule has 13 N–H and O–H groups in total. The lowest BCUT2D eigenvalue weighted by Gasteiger charge is -2.22. The van der Waals surface area contributed by atoms with Crippen molar-refractivity contribution in [1.82, 2.24) is 16.0 Å². The molecule has 0 rings (SSSR count). The van der Waals surface area contributed by atoms with Crippen molar-refractivity contribution in [2.75, 3.05) is 6.54 Å².